The molecule has 1 aromatic heterocycles. The van der Waals surface area contributed by atoms with E-state index in [-0.39, 0.29) is 0 Å². The summed E-state index contributed by atoms with van der Waals surface area (Å²) in [5.74, 6) is 1.70. The fourth-order valence-corrected chi connectivity index (χ4v) is 1.78. The van der Waals surface area contributed by atoms with E-state index in [4.69, 9.17) is 0 Å². The van der Waals surface area contributed by atoms with Gasteiger partial charge in [0.15, 0.2) is 5.96 Å². The molecular formula is C14H28N6. The molecule has 0 atom stereocenters. The summed E-state index contributed by atoms with van der Waals surface area (Å²) in [6.45, 7) is 11.2. The van der Waals surface area contributed by atoms with Crippen molar-refractivity contribution in [3.63, 3.8) is 0 Å². The first-order valence-corrected chi connectivity index (χ1v) is 7.27. The van der Waals surface area contributed by atoms with E-state index in [0.29, 0.717) is 12.0 Å². The number of hydrogen-bond donors (Lipinski definition) is 2. The first-order valence-electron chi connectivity index (χ1n) is 7.27. The normalized spacial score (nSPS) is 12.6. The highest BCUT2D eigenvalue weighted by Gasteiger charge is 2.09. The molecule has 20 heavy (non-hydrogen) atoms. The van der Waals surface area contributed by atoms with Gasteiger partial charge in [-0.05, 0) is 25.2 Å². The third-order valence-electron chi connectivity index (χ3n) is 2.92. The number of aliphatic imine (C=N–C) groups is 1. The van der Waals surface area contributed by atoms with Crippen LogP contribution in [0.2, 0.25) is 0 Å². The second-order valence-corrected chi connectivity index (χ2v) is 6.09. The van der Waals surface area contributed by atoms with Gasteiger partial charge >= 0.3 is 0 Å². The Hall–Kier alpha value is -1.59. The Morgan fingerprint density at radius 2 is 2.10 bits per heavy atom. The Kier molecular flexibility index (Phi) is 6.48. The molecule has 0 spiro atoms. The largest absolute Gasteiger partial charge is 0.357 e. The van der Waals surface area contributed by atoms with Crippen LogP contribution in [0.3, 0.4) is 0 Å². The molecule has 0 aromatic carbocycles. The summed E-state index contributed by atoms with van der Waals surface area (Å²) in [4.78, 5) is 8.69. The zero-order valence-electron chi connectivity index (χ0n) is 13.4. The maximum absolute atomic E-state index is 4.52. The van der Waals surface area contributed by atoms with Crippen LogP contribution < -0.4 is 10.6 Å². The molecule has 0 bridgehead atoms. The quantitative estimate of drug-likeness (QED) is 0.473. The highest BCUT2D eigenvalue weighted by atomic mass is 15.3. The van der Waals surface area contributed by atoms with Gasteiger partial charge in [0.2, 0.25) is 0 Å². The molecule has 1 heterocycles. The van der Waals surface area contributed by atoms with Gasteiger partial charge in [-0.1, -0.05) is 20.8 Å². The molecule has 0 saturated heterocycles. The first kappa shape index (κ1) is 16.5. The van der Waals surface area contributed by atoms with Crippen molar-refractivity contribution in [3.05, 3.63) is 12.2 Å². The average molecular weight is 280 g/mol. The van der Waals surface area contributed by atoms with E-state index in [9.17, 15) is 0 Å². The Balaban J connectivity index is 2.41. The van der Waals surface area contributed by atoms with Crippen LogP contribution in [0.15, 0.2) is 11.3 Å². The summed E-state index contributed by atoms with van der Waals surface area (Å²) in [6.07, 6.45) is 3.88. The molecule has 6 nitrogen and oxygen atoms in total. The van der Waals surface area contributed by atoms with Crippen molar-refractivity contribution < 1.29 is 0 Å². The third-order valence-corrected chi connectivity index (χ3v) is 2.92. The molecule has 2 N–H and O–H groups in total. The lowest BCUT2D eigenvalue weighted by molar-refractivity contribution is 0.365. The number of nitrogens with zero attached hydrogens (tertiary/aromatic N) is 4. The van der Waals surface area contributed by atoms with Crippen LogP contribution in [0.4, 0.5) is 0 Å². The lowest BCUT2D eigenvalue weighted by Crippen LogP contribution is -2.38. The van der Waals surface area contributed by atoms with Crippen molar-refractivity contribution in [3.8, 4) is 0 Å². The highest BCUT2D eigenvalue weighted by molar-refractivity contribution is 5.79. The fraction of sp³-hybridized carbons (Fsp3) is 0.786. The van der Waals surface area contributed by atoms with Crippen molar-refractivity contribution in [1.29, 1.82) is 0 Å². The van der Waals surface area contributed by atoms with Gasteiger partial charge in [0.05, 0.1) is 0 Å². The Bertz CT molecular complexity index is 416. The van der Waals surface area contributed by atoms with E-state index in [1.54, 1.807) is 11.0 Å². The molecular weight excluding hydrogens is 252 g/mol. The second kappa shape index (κ2) is 7.87. The number of hydrogen-bond acceptors (Lipinski definition) is 3. The number of aryl methyl sites for hydroxylation is 1. The van der Waals surface area contributed by atoms with Crippen LogP contribution in [0, 0.1) is 5.41 Å². The number of guanidine groups is 1. The summed E-state index contributed by atoms with van der Waals surface area (Å²) < 4.78 is 1.74. The van der Waals surface area contributed by atoms with Crippen molar-refractivity contribution in [2.45, 2.75) is 47.1 Å². The second-order valence-electron chi connectivity index (χ2n) is 6.09. The van der Waals surface area contributed by atoms with Gasteiger partial charge in [-0.3, -0.25) is 4.68 Å². The van der Waals surface area contributed by atoms with Gasteiger partial charge in [0.1, 0.15) is 18.7 Å². The summed E-state index contributed by atoms with van der Waals surface area (Å²) >= 11 is 0. The van der Waals surface area contributed by atoms with E-state index in [1.807, 2.05) is 7.05 Å². The minimum atomic E-state index is 0.385. The Labute approximate surface area is 122 Å². The smallest absolute Gasteiger partial charge is 0.191 e. The van der Waals surface area contributed by atoms with Gasteiger partial charge in [-0.25, -0.2) is 9.98 Å². The van der Waals surface area contributed by atoms with Gasteiger partial charge in [0, 0.05) is 20.1 Å². The van der Waals surface area contributed by atoms with Crippen molar-refractivity contribution in [2.75, 3.05) is 13.1 Å². The highest BCUT2D eigenvalue weighted by Crippen LogP contribution is 2.19. The van der Waals surface area contributed by atoms with Crippen molar-refractivity contribution >= 4 is 5.96 Å². The predicted octanol–water partition coefficient (Wildman–Crippen LogP) is 1.70. The molecule has 0 amide bonds. The van der Waals surface area contributed by atoms with Crippen LogP contribution in [-0.2, 0) is 13.6 Å². The molecule has 1 rings (SSSR count). The number of rotatable bonds is 6. The number of nitrogens with one attached hydrogen (secondary N) is 2. The molecule has 6 heteroatoms. The molecule has 0 unspecified atom stereocenters. The predicted molar refractivity (Wildman–Crippen MR) is 82.5 cm³/mol. The first-order chi connectivity index (χ1) is 9.42. The molecule has 0 fully saturated rings. The van der Waals surface area contributed by atoms with E-state index in [1.165, 1.54) is 6.42 Å². The lowest BCUT2D eigenvalue weighted by Gasteiger charge is -2.18. The van der Waals surface area contributed by atoms with E-state index >= 15 is 0 Å². The van der Waals surface area contributed by atoms with Gasteiger partial charge < -0.3 is 10.6 Å². The number of aromatic nitrogens is 3. The minimum absolute atomic E-state index is 0.385. The fourth-order valence-electron chi connectivity index (χ4n) is 1.78. The van der Waals surface area contributed by atoms with Gasteiger partial charge in [0.25, 0.3) is 0 Å². The third kappa shape index (κ3) is 6.54. The topological polar surface area (TPSA) is 67.1 Å². The van der Waals surface area contributed by atoms with Gasteiger partial charge in [-0.15, -0.1) is 0 Å². The van der Waals surface area contributed by atoms with Crippen molar-refractivity contribution in [2.24, 2.45) is 17.5 Å². The van der Waals surface area contributed by atoms with Crippen LogP contribution >= 0.6 is 0 Å². The van der Waals surface area contributed by atoms with Crippen LogP contribution in [0.1, 0.15) is 46.4 Å². The minimum Gasteiger partial charge on any atom is -0.357 e. The maximum atomic E-state index is 4.52. The molecule has 0 aliphatic carbocycles. The van der Waals surface area contributed by atoms with E-state index < -0.39 is 0 Å². The molecule has 0 aliphatic rings. The summed E-state index contributed by atoms with van der Waals surface area (Å²) in [5, 5.41) is 10.6. The zero-order valence-corrected chi connectivity index (χ0v) is 13.4. The monoisotopic (exact) mass is 280 g/mol. The average Bonchev–Trinajstić information content (AvgIpc) is 2.76. The zero-order chi connectivity index (χ0) is 15.0. The van der Waals surface area contributed by atoms with Crippen LogP contribution in [-0.4, -0.2) is 33.8 Å². The molecule has 0 aliphatic heterocycles. The van der Waals surface area contributed by atoms with Crippen LogP contribution in [0.25, 0.3) is 0 Å². The van der Waals surface area contributed by atoms with Crippen molar-refractivity contribution in [1.82, 2.24) is 25.4 Å². The van der Waals surface area contributed by atoms with E-state index in [0.717, 1.165) is 31.3 Å². The summed E-state index contributed by atoms with van der Waals surface area (Å²) in [5.41, 5.74) is 0.385. The molecule has 0 radical (unpaired) electrons. The standard InChI is InChI=1S/C14H28N6/c1-6-15-13(16-9-7-8-14(2,3)4)17-10-12-18-11-19-20(12)5/h11H,6-10H2,1-5H3,(H2,15,16,17). The van der Waals surface area contributed by atoms with Gasteiger partial charge in [-0.2, -0.15) is 5.10 Å². The molecule has 0 saturated carbocycles. The van der Waals surface area contributed by atoms with Crippen LogP contribution in [0.5, 0.6) is 0 Å². The Morgan fingerprint density at radius 1 is 1.35 bits per heavy atom. The Morgan fingerprint density at radius 3 is 2.65 bits per heavy atom. The summed E-state index contributed by atoms with van der Waals surface area (Å²) in [7, 11) is 1.88. The molecule has 1 aromatic rings. The lowest BCUT2D eigenvalue weighted by atomic mass is 9.91. The SMILES string of the molecule is CCNC(=NCc1ncnn1C)NCCCC(C)(C)C. The van der Waals surface area contributed by atoms with E-state index in [2.05, 4.69) is 53.4 Å². The summed E-state index contributed by atoms with van der Waals surface area (Å²) in [6, 6.07) is 0. The maximum Gasteiger partial charge on any atom is 0.191 e. The molecule has 114 valence electrons.